The van der Waals surface area contributed by atoms with Crippen molar-refractivity contribution < 1.29 is 17.6 Å². The number of nitrogens with zero attached hydrogens (tertiary/aromatic N) is 1. The minimum absolute atomic E-state index is 0.137. The number of benzene rings is 3. The van der Waals surface area contributed by atoms with Crippen molar-refractivity contribution in [2.45, 2.75) is 26.4 Å². The molecule has 0 fully saturated rings. The summed E-state index contributed by atoms with van der Waals surface area (Å²) in [7, 11) is -3.66. The van der Waals surface area contributed by atoms with E-state index in [9.17, 15) is 17.6 Å². The molecule has 0 radical (unpaired) electrons. The van der Waals surface area contributed by atoms with Crippen LogP contribution in [-0.2, 0) is 16.6 Å². The van der Waals surface area contributed by atoms with Crippen LogP contribution in [0.4, 0.5) is 10.1 Å². The zero-order chi connectivity index (χ0) is 22.6. The lowest BCUT2D eigenvalue weighted by molar-refractivity contribution is 0.0940. The average molecular weight is 441 g/mol. The number of hydrogen-bond acceptors (Lipinski definition) is 3. The zero-order valence-corrected chi connectivity index (χ0v) is 18.5. The fourth-order valence-corrected chi connectivity index (χ4v) is 4.06. The number of hydrogen-bond donors (Lipinski definition) is 1. The zero-order valence-electron chi connectivity index (χ0n) is 17.7. The second kappa shape index (κ2) is 9.31. The first kappa shape index (κ1) is 22.5. The van der Waals surface area contributed by atoms with Gasteiger partial charge in [0, 0.05) is 11.1 Å². The van der Waals surface area contributed by atoms with Crippen molar-refractivity contribution in [3.8, 4) is 0 Å². The van der Waals surface area contributed by atoms with E-state index in [1.165, 1.54) is 6.07 Å². The molecule has 3 rings (SSSR count). The molecular weight excluding hydrogens is 415 g/mol. The Hall–Kier alpha value is -3.19. The maximum Gasteiger partial charge on any atom is 0.251 e. The van der Waals surface area contributed by atoms with Gasteiger partial charge in [0.25, 0.3) is 5.91 Å². The third kappa shape index (κ3) is 5.70. The lowest BCUT2D eigenvalue weighted by atomic mass is 10.1. The maximum absolute atomic E-state index is 14.0. The summed E-state index contributed by atoms with van der Waals surface area (Å²) in [5.41, 5.74) is 3.16. The highest BCUT2D eigenvalue weighted by atomic mass is 32.2. The summed E-state index contributed by atoms with van der Waals surface area (Å²) in [5.74, 6) is -0.739. The van der Waals surface area contributed by atoms with Crippen molar-refractivity contribution in [3.63, 3.8) is 0 Å². The van der Waals surface area contributed by atoms with Gasteiger partial charge in [-0.15, -0.1) is 0 Å². The summed E-state index contributed by atoms with van der Waals surface area (Å²) >= 11 is 0. The first-order valence-corrected chi connectivity index (χ1v) is 11.7. The van der Waals surface area contributed by atoms with Crippen LogP contribution < -0.4 is 9.62 Å². The fraction of sp³-hybridized carbons (Fsp3) is 0.208. The molecule has 0 saturated heterocycles. The molecule has 1 unspecified atom stereocenters. The largest absolute Gasteiger partial charge is 0.346 e. The van der Waals surface area contributed by atoms with Crippen LogP contribution in [0.15, 0.2) is 72.8 Å². The number of sulfonamides is 1. The van der Waals surface area contributed by atoms with Gasteiger partial charge in [-0.1, -0.05) is 48.0 Å². The highest BCUT2D eigenvalue weighted by molar-refractivity contribution is 7.92. The summed E-state index contributed by atoms with van der Waals surface area (Å²) < 4.78 is 39.8. The molecule has 31 heavy (non-hydrogen) atoms. The van der Waals surface area contributed by atoms with Crippen molar-refractivity contribution in [1.29, 1.82) is 0 Å². The van der Waals surface area contributed by atoms with Gasteiger partial charge in [0.1, 0.15) is 5.82 Å². The van der Waals surface area contributed by atoms with Gasteiger partial charge in [-0.25, -0.2) is 12.8 Å². The van der Waals surface area contributed by atoms with Crippen LogP contribution in [-0.4, -0.2) is 20.6 Å². The molecule has 0 bridgehead atoms. The molecule has 3 aromatic rings. The summed E-state index contributed by atoms with van der Waals surface area (Å²) in [6, 6.07) is 20.0. The van der Waals surface area contributed by atoms with Crippen LogP contribution >= 0.6 is 0 Å². The molecule has 0 aromatic heterocycles. The molecule has 1 amide bonds. The number of halogens is 1. The Labute approximate surface area is 182 Å². The van der Waals surface area contributed by atoms with Gasteiger partial charge >= 0.3 is 0 Å². The minimum atomic E-state index is -3.66. The Bertz CT molecular complexity index is 1160. The van der Waals surface area contributed by atoms with Crippen molar-refractivity contribution in [1.82, 2.24) is 5.32 Å². The lowest BCUT2D eigenvalue weighted by Crippen LogP contribution is -2.30. The second-order valence-electron chi connectivity index (χ2n) is 7.51. The molecule has 3 aromatic carbocycles. The number of rotatable bonds is 7. The quantitative estimate of drug-likeness (QED) is 0.584. The fourth-order valence-electron chi connectivity index (χ4n) is 3.18. The number of anilines is 1. The van der Waals surface area contributed by atoms with Gasteiger partial charge in [0.05, 0.1) is 24.5 Å². The Kier molecular flexibility index (Phi) is 6.75. The van der Waals surface area contributed by atoms with Crippen molar-refractivity contribution in [2.75, 3.05) is 10.6 Å². The molecule has 1 N–H and O–H groups in total. The molecule has 0 aliphatic heterocycles. The van der Waals surface area contributed by atoms with Gasteiger partial charge < -0.3 is 5.32 Å². The van der Waals surface area contributed by atoms with Gasteiger partial charge in [-0.05, 0) is 49.7 Å². The van der Waals surface area contributed by atoms with E-state index in [2.05, 4.69) is 5.32 Å². The Morgan fingerprint density at radius 1 is 1.00 bits per heavy atom. The topological polar surface area (TPSA) is 66.5 Å². The Morgan fingerprint density at radius 3 is 2.19 bits per heavy atom. The number of aryl methyl sites for hydroxylation is 1. The summed E-state index contributed by atoms with van der Waals surface area (Å²) in [4.78, 5) is 12.6. The molecule has 7 heteroatoms. The Balaban J connectivity index is 1.77. The molecular formula is C24H25FN2O3S. The molecule has 0 heterocycles. The van der Waals surface area contributed by atoms with Crippen LogP contribution in [0.3, 0.4) is 0 Å². The number of nitrogens with one attached hydrogen (secondary N) is 1. The van der Waals surface area contributed by atoms with Gasteiger partial charge in [0.15, 0.2) is 0 Å². The molecule has 0 spiro atoms. The minimum Gasteiger partial charge on any atom is -0.346 e. The number of carbonyl (C=O) groups is 1. The van der Waals surface area contributed by atoms with Crippen molar-refractivity contribution in [3.05, 3.63) is 101 Å². The van der Waals surface area contributed by atoms with Gasteiger partial charge in [-0.2, -0.15) is 0 Å². The molecule has 1 atom stereocenters. The van der Waals surface area contributed by atoms with E-state index < -0.39 is 15.8 Å². The first-order chi connectivity index (χ1) is 14.6. The number of amides is 1. The molecule has 0 saturated carbocycles. The average Bonchev–Trinajstić information content (AvgIpc) is 2.73. The van der Waals surface area contributed by atoms with Crippen LogP contribution in [0.5, 0.6) is 0 Å². The predicted molar refractivity (Wildman–Crippen MR) is 121 cm³/mol. The molecule has 0 aliphatic carbocycles. The summed E-state index contributed by atoms with van der Waals surface area (Å²) in [6.45, 7) is 3.76. The van der Waals surface area contributed by atoms with E-state index in [1.54, 1.807) is 42.5 Å². The van der Waals surface area contributed by atoms with E-state index in [4.69, 9.17) is 0 Å². The van der Waals surface area contributed by atoms with E-state index >= 15 is 0 Å². The molecule has 5 nitrogen and oxygen atoms in total. The standard InChI is InChI=1S/C24H25FN2O3S/c1-17-8-10-19(11-9-17)18(2)26-24(28)20-12-14-22(15-13-20)27(31(3,29)30)16-21-6-4-5-7-23(21)25/h4-15,18H,16H2,1-3H3,(H,26,28). The van der Waals surface area contributed by atoms with Crippen LogP contribution in [0, 0.1) is 12.7 Å². The van der Waals surface area contributed by atoms with E-state index in [0.29, 0.717) is 11.3 Å². The summed E-state index contributed by atoms with van der Waals surface area (Å²) in [5, 5.41) is 2.94. The van der Waals surface area contributed by atoms with Crippen molar-refractivity contribution >= 4 is 21.6 Å². The second-order valence-corrected chi connectivity index (χ2v) is 9.42. The normalized spacial score (nSPS) is 12.3. The number of carbonyl (C=O) groups excluding carboxylic acids is 1. The van der Waals surface area contributed by atoms with E-state index in [0.717, 1.165) is 21.7 Å². The molecule has 0 aliphatic rings. The van der Waals surface area contributed by atoms with Crippen molar-refractivity contribution in [2.24, 2.45) is 0 Å². The van der Waals surface area contributed by atoms with Crippen LogP contribution in [0.25, 0.3) is 0 Å². The van der Waals surface area contributed by atoms with Gasteiger partial charge in [-0.3, -0.25) is 9.10 Å². The van der Waals surface area contributed by atoms with Gasteiger partial charge in [0.2, 0.25) is 10.0 Å². The predicted octanol–water partition coefficient (Wildman–Crippen LogP) is 4.59. The third-order valence-corrected chi connectivity index (χ3v) is 6.16. The van der Waals surface area contributed by atoms with Crippen LogP contribution in [0.1, 0.15) is 40.0 Å². The van der Waals surface area contributed by atoms with E-state index in [-0.39, 0.29) is 24.1 Å². The highest BCUT2D eigenvalue weighted by Crippen LogP contribution is 2.23. The smallest absolute Gasteiger partial charge is 0.251 e. The lowest BCUT2D eigenvalue weighted by Gasteiger charge is -2.23. The molecule has 162 valence electrons. The monoisotopic (exact) mass is 440 g/mol. The third-order valence-electron chi connectivity index (χ3n) is 5.01. The maximum atomic E-state index is 14.0. The first-order valence-electron chi connectivity index (χ1n) is 9.84. The van der Waals surface area contributed by atoms with Crippen LogP contribution in [0.2, 0.25) is 0 Å². The van der Waals surface area contributed by atoms with E-state index in [1.807, 2.05) is 38.1 Å². The highest BCUT2D eigenvalue weighted by Gasteiger charge is 2.20. The summed E-state index contributed by atoms with van der Waals surface area (Å²) in [6.07, 6.45) is 1.07. The Morgan fingerprint density at radius 2 is 1.61 bits per heavy atom. The SMILES string of the molecule is Cc1ccc(C(C)NC(=O)c2ccc(N(Cc3ccccc3F)S(C)(=O)=O)cc2)cc1.